The summed E-state index contributed by atoms with van der Waals surface area (Å²) < 4.78 is 10.9. The molecule has 0 saturated carbocycles. The van der Waals surface area contributed by atoms with Crippen LogP contribution in [-0.4, -0.2) is 13.1 Å². The molecule has 0 bridgehead atoms. The molecule has 0 aliphatic carbocycles. The Hall–Kier alpha value is -2.65. The lowest BCUT2D eigenvalue weighted by molar-refractivity contribution is -0.147. The number of rotatable bonds is 3. The van der Waals surface area contributed by atoms with Gasteiger partial charge >= 0.3 is 5.97 Å². The van der Waals surface area contributed by atoms with E-state index in [4.69, 9.17) is 9.47 Å². The molecule has 4 rings (SSSR count). The molecule has 0 radical (unpaired) electrons. The predicted octanol–water partition coefficient (Wildman–Crippen LogP) is 3.98. The van der Waals surface area contributed by atoms with Crippen LogP contribution in [0, 0.1) is 0 Å². The standard InChI is InChI=1S/C20H16O3/c1-22-19(21)20(17-9-3-2-4-10-17)18(23-20)16-12-11-14-7-5-6-8-15(14)13-16/h2-13,18H,1H3/t18-,20-/m0/s1. The van der Waals surface area contributed by atoms with Crippen LogP contribution in [-0.2, 0) is 19.9 Å². The number of hydrogen-bond acceptors (Lipinski definition) is 3. The van der Waals surface area contributed by atoms with Crippen LogP contribution in [0.3, 0.4) is 0 Å². The van der Waals surface area contributed by atoms with Gasteiger partial charge in [0.1, 0.15) is 6.10 Å². The summed E-state index contributed by atoms with van der Waals surface area (Å²) in [5.74, 6) is -0.359. The minimum Gasteiger partial charge on any atom is -0.467 e. The second kappa shape index (κ2) is 5.21. The van der Waals surface area contributed by atoms with E-state index in [1.807, 2.05) is 48.5 Å². The number of ether oxygens (including phenoxy) is 2. The fourth-order valence-electron chi connectivity index (χ4n) is 3.16. The molecule has 0 spiro atoms. The number of fused-ring (bicyclic) bond motifs is 1. The average Bonchev–Trinajstić information content (AvgIpc) is 3.38. The summed E-state index contributed by atoms with van der Waals surface area (Å²) in [6, 6.07) is 23.8. The number of esters is 1. The first-order valence-corrected chi connectivity index (χ1v) is 7.56. The molecule has 1 aliphatic heterocycles. The zero-order chi connectivity index (χ0) is 15.9. The molecule has 2 atom stereocenters. The molecule has 1 fully saturated rings. The average molecular weight is 304 g/mol. The quantitative estimate of drug-likeness (QED) is 0.542. The highest BCUT2D eigenvalue weighted by Gasteiger charge is 2.65. The molecule has 114 valence electrons. The second-order valence-electron chi connectivity index (χ2n) is 5.70. The maximum absolute atomic E-state index is 12.4. The molecular formula is C20H16O3. The highest BCUT2D eigenvalue weighted by Crippen LogP contribution is 2.57. The summed E-state index contributed by atoms with van der Waals surface area (Å²) in [6.07, 6.45) is -0.318. The highest BCUT2D eigenvalue weighted by molar-refractivity contribution is 5.87. The fourth-order valence-corrected chi connectivity index (χ4v) is 3.16. The van der Waals surface area contributed by atoms with Crippen molar-refractivity contribution < 1.29 is 14.3 Å². The van der Waals surface area contributed by atoms with Crippen LogP contribution < -0.4 is 0 Å². The molecule has 23 heavy (non-hydrogen) atoms. The molecule has 0 unspecified atom stereocenters. The molecule has 0 N–H and O–H groups in total. The smallest absolute Gasteiger partial charge is 0.346 e. The fraction of sp³-hybridized carbons (Fsp3) is 0.150. The summed E-state index contributed by atoms with van der Waals surface area (Å²) in [5.41, 5.74) is 0.779. The number of carbonyl (C=O) groups excluding carboxylic acids is 1. The zero-order valence-corrected chi connectivity index (χ0v) is 12.7. The Labute approximate surface area is 134 Å². The van der Waals surface area contributed by atoms with E-state index in [9.17, 15) is 4.79 Å². The van der Waals surface area contributed by atoms with Crippen molar-refractivity contribution >= 4 is 16.7 Å². The molecule has 1 heterocycles. The third-order valence-electron chi connectivity index (χ3n) is 4.38. The molecule has 3 nitrogen and oxygen atoms in total. The van der Waals surface area contributed by atoms with Crippen molar-refractivity contribution in [2.45, 2.75) is 11.7 Å². The minimum atomic E-state index is -1.03. The number of methoxy groups -OCH3 is 1. The van der Waals surface area contributed by atoms with Gasteiger partial charge < -0.3 is 9.47 Å². The highest BCUT2D eigenvalue weighted by atomic mass is 16.7. The van der Waals surface area contributed by atoms with Gasteiger partial charge in [-0.3, -0.25) is 0 Å². The number of carbonyl (C=O) groups is 1. The summed E-state index contributed by atoms with van der Waals surface area (Å²) >= 11 is 0. The molecule has 0 aromatic heterocycles. The van der Waals surface area contributed by atoms with E-state index in [-0.39, 0.29) is 12.1 Å². The van der Waals surface area contributed by atoms with Gasteiger partial charge in [0.25, 0.3) is 0 Å². The van der Waals surface area contributed by atoms with E-state index in [1.165, 1.54) is 12.5 Å². The minimum absolute atomic E-state index is 0.318. The third-order valence-corrected chi connectivity index (χ3v) is 4.38. The van der Waals surface area contributed by atoms with Gasteiger partial charge in [-0.05, 0) is 28.0 Å². The molecular weight excluding hydrogens is 288 g/mol. The molecule has 0 amide bonds. The van der Waals surface area contributed by atoms with E-state index < -0.39 is 5.60 Å². The third kappa shape index (κ3) is 2.13. The number of hydrogen-bond donors (Lipinski definition) is 0. The Balaban J connectivity index is 1.78. The Morgan fingerprint density at radius 2 is 1.65 bits per heavy atom. The molecule has 1 saturated heterocycles. The molecule has 3 aromatic rings. The van der Waals surface area contributed by atoms with Gasteiger partial charge in [0.05, 0.1) is 7.11 Å². The topological polar surface area (TPSA) is 38.8 Å². The Kier molecular flexibility index (Phi) is 3.17. The van der Waals surface area contributed by atoms with Gasteiger partial charge in [0.2, 0.25) is 5.60 Å². The molecule has 3 heteroatoms. The van der Waals surface area contributed by atoms with Gasteiger partial charge in [0.15, 0.2) is 0 Å². The number of epoxide rings is 1. The van der Waals surface area contributed by atoms with Crippen LogP contribution in [0.1, 0.15) is 17.2 Å². The van der Waals surface area contributed by atoms with Crippen LogP contribution in [0.15, 0.2) is 72.8 Å². The van der Waals surface area contributed by atoms with Crippen LogP contribution >= 0.6 is 0 Å². The summed E-state index contributed by atoms with van der Waals surface area (Å²) in [7, 11) is 1.39. The van der Waals surface area contributed by atoms with Crippen LogP contribution in [0.25, 0.3) is 10.8 Å². The van der Waals surface area contributed by atoms with Gasteiger partial charge in [-0.25, -0.2) is 4.79 Å². The van der Waals surface area contributed by atoms with Crippen molar-refractivity contribution in [3.8, 4) is 0 Å². The van der Waals surface area contributed by atoms with E-state index in [1.54, 1.807) is 0 Å². The normalized spacial score (nSPS) is 22.7. The van der Waals surface area contributed by atoms with Crippen molar-refractivity contribution in [1.82, 2.24) is 0 Å². The zero-order valence-electron chi connectivity index (χ0n) is 12.7. The van der Waals surface area contributed by atoms with E-state index in [2.05, 4.69) is 24.3 Å². The lowest BCUT2D eigenvalue weighted by atomic mass is 9.91. The maximum Gasteiger partial charge on any atom is 0.346 e. The van der Waals surface area contributed by atoms with Crippen LogP contribution in [0.2, 0.25) is 0 Å². The van der Waals surface area contributed by atoms with Gasteiger partial charge in [-0.1, -0.05) is 66.7 Å². The largest absolute Gasteiger partial charge is 0.467 e. The van der Waals surface area contributed by atoms with Crippen molar-refractivity contribution in [3.63, 3.8) is 0 Å². The maximum atomic E-state index is 12.4. The molecule has 1 aliphatic rings. The second-order valence-corrected chi connectivity index (χ2v) is 5.70. The van der Waals surface area contributed by atoms with Crippen molar-refractivity contribution in [3.05, 3.63) is 83.9 Å². The number of benzene rings is 3. The first-order valence-electron chi connectivity index (χ1n) is 7.56. The first kappa shape index (κ1) is 14.0. The van der Waals surface area contributed by atoms with Gasteiger partial charge in [0, 0.05) is 0 Å². The monoisotopic (exact) mass is 304 g/mol. The summed E-state index contributed by atoms with van der Waals surface area (Å²) in [5, 5.41) is 2.30. The van der Waals surface area contributed by atoms with Gasteiger partial charge in [-0.2, -0.15) is 0 Å². The lowest BCUT2D eigenvalue weighted by Crippen LogP contribution is -2.24. The summed E-state index contributed by atoms with van der Waals surface area (Å²) in [4.78, 5) is 12.4. The lowest BCUT2D eigenvalue weighted by Gasteiger charge is -2.11. The van der Waals surface area contributed by atoms with Crippen molar-refractivity contribution in [2.24, 2.45) is 0 Å². The van der Waals surface area contributed by atoms with E-state index in [0.717, 1.165) is 16.5 Å². The predicted molar refractivity (Wildman–Crippen MR) is 87.9 cm³/mol. The first-order chi connectivity index (χ1) is 11.3. The Morgan fingerprint density at radius 3 is 2.39 bits per heavy atom. The van der Waals surface area contributed by atoms with Crippen molar-refractivity contribution in [2.75, 3.05) is 7.11 Å². The van der Waals surface area contributed by atoms with Gasteiger partial charge in [-0.15, -0.1) is 0 Å². The van der Waals surface area contributed by atoms with Crippen LogP contribution in [0.5, 0.6) is 0 Å². The molecule has 3 aromatic carbocycles. The van der Waals surface area contributed by atoms with E-state index >= 15 is 0 Å². The Bertz CT molecular complexity index is 872. The SMILES string of the molecule is COC(=O)[C@@]1(c2ccccc2)O[C@H]1c1ccc2ccccc2c1. The summed E-state index contributed by atoms with van der Waals surface area (Å²) in [6.45, 7) is 0. The van der Waals surface area contributed by atoms with Crippen LogP contribution in [0.4, 0.5) is 0 Å². The van der Waals surface area contributed by atoms with E-state index in [0.29, 0.717) is 0 Å². The van der Waals surface area contributed by atoms with Crippen molar-refractivity contribution in [1.29, 1.82) is 0 Å². The Morgan fingerprint density at radius 1 is 0.957 bits per heavy atom.